The largest absolute Gasteiger partial charge is 0.416 e. The highest BCUT2D eigenvalue weighted by molar-refractivity contribution is 5.92. The predicted octanol–water partition coefficient (Wildman–Crippen LogP) is 4.20. The zero-order valence-electron chi connectivity index (χ0n) is 17.3. The van der Waals surface area contributed by atoms with E-state index in [-0.39, 0.29) is 18.0 Å². The monoisotopic (exact) mass is 441 g/mol. The van der Waals surface area contributed by atoms with Crippen LogP contribution in [0.4, 0.5) is 13.2 Å². The summed E-state index contributed by atoms with van der Waals surface area (Å²) in [5.74, 6) is 0.275. The van der Waals surface area contributed by atoms with Crippen LogP contribution in [0.3, 0.4) is 0 Å². The van der Waals surface area contributed by atoms with E-state index in [1.165, 1.54) is 0 Å². The Morgan fingerprint density at radius 3 is 2.75 bits per heavy atom. The molecule has 7 nitrogen and oxygen atoms in total. The summed E-state index contributed by atoms with van der Waals surface area (Å²) in [5, 5.41) is 9.68. The van der Waals surface area contributed by atoms with Crippen molar-refractivity contribution < 1.29 is 13.2 Å². The number of likely N-dealkylation sites (tertiary alicyclic amines) is 1. The summed E-state index contributed by atoms with van der Waals surface area (Å²) in [6.45, 7) is 5.57. The molecule has 5 rings (SSSR count). The fourth-order valence-electron chi connectivity index (χ4n) is 4.59. The Kier molecular flexibility index (Phi) is 5.16. The molecule has 1 aromatic carbocycles. The highest BCUT2D eigenvalue weighted by Crippen LogP contribution is 2.34. The van der Waals surface area contributed by atoms with Gasteiger partial charge in [0, 0.05) is 24.0 Å². The van der Waals surface area contributed by atoms with Gasteiger partial charge in [0.05, 0.1) is 17.8 Å². The molecule has 3 aromatic heterocycles. The van der Waals surface area contributed by atoms with Crippen LogP contribution in [-0.4, -0.2) is 49.5 Å². The van der Waals surface area contributed by atoms with E-state index in [9.17, 15) is 13.2 Å². The Bertz CT molecular complexity index is 1270. The first kappa shape index (κ1) is 20.6. The number of piperidine rings is 1. The van der Waals surface area contributed by atoms with Crippen LogP contribution < -0.4 is 0 Å². The lowest BCUT2D eigenvalue weighted by Crippen LogP contribution is -2.32. The van der Waals surface area contributed by atoms with E-state index in [2.05, 4.69) is 36.9 Å². The first-order valence-corrected chi connectivity index (χ1v) is 10.4. The second-order valence-corrected chi connectivity index (χ2v) is 8.17. The highest BCUT2D eigenvalue weighted by Gasteiger charge is 2.33. The van der Waals surface area contributed by atoms with Crippen molar-refractivity contribution in [3.8, 4) is 0 Å². The fourth-order valence-corrected chi connectivity index (χ4v) is 4.59. The average Bonchev–Trinajstić information content (AvgIpc) is 3.40. The van der Waals surface area contributed by atoms with Gasteiger partial charge in [-0.05, 0) is 55.9 Å². The van der Waals surface area contributed by atoms with Crippen LogP contribution in [-0.2, 0) is 19.3 Å². The molecule has 166 valence electrons. The number of aromatic amines is 1. The number of fused-ring (bicyclic) bond motifs is 3. The van der Waals surface area contributed by atoms with E-state index in [0.29, 0.717) is 6.54 Å². The van der Waals surface area contributed by atoms with E-state index in [0.717, 1.165) is 59.8 Å². The van der Waals surface area contributed by atoms with E-state index in [1.807, 2.05) is 12.3 Å². The maximum atomic E-state index is 13.2. The lowest BCUT2D eigenvalue weighted by Gasteiger charge is -2.31. The topological polar surface area (TPSA) is 74.5 Å². The van der Waals surface area contributed by atoms with E-state index in [1.54, 1.807) is 23.0 Å². The molecule has 4 heterocycles. The molecular weight excluding hydrogens is 419 g/mol. The van der Waals surface area contributed by atoms with Crippen LogP contribution >= 0.6 is 0 Å². The molecule has 1 fully saturated rings. The SMILES string of the molecule is C=NCc1cc(CN2CCC(c3nnn4cnc5[nH]ccc5c34)CC2)ccc1C(F)(F)F. The Hall–Kier alpha value is -3.27. The normalized spacial score (nSPS) is 16.2. The van der Waals surface area contributed by atoms with Gasteiger partial charge in [-0.3, -0.25) is 9.89 Å². The van der Waals surface area contributed by atoms with Gasteiger partial charge in [-0.2, -0.15) is 13.2 Å². The molecule has 0 aliphatic carbocycles. The van der Waals surface area contributed by atoms with Gasteiger partial charge in [-0.1, -0.05) is 17.3 Å². The smallest absolute Gasteiger partial charge is 0.346 e. The van der Waals surface area contributed by atoms with Gasteiger partial charge in [0.2, 0.25) is 0 Å². The number of rotatable bonds is 5. The van der Waals surface area contributed by atoms with Gasteiger partial charge in [0.25, 0.3) is 0 Å². The zero-order valence-corrected chi connectivity index (χ0v) is 17.3. The molecule has 0 atom stereocenters. The maximum absolute atomic E-state index is 13.2. The summed E-state index contributed by atoms with van der Waals surface area (Å²) >= 11 is 0. The van der Waals surface area contributed by atoms with E-state index >= 15 is 0 Å². The number of nitrogens with zero attached hydrogens (tertiary/aromatic N) is 6. The number of nitrogens with one attached hydrogen (secondary N) is 1. The number of hydrogen-bond donors (Lipinski definition) is 1. The Balaban J connectivity index is 1.31. The van der Waals surface area contributed by atoms with Crippen LogP contribution in [0, 0.1) is 0 Å². The van der Waals surface area contributed by atoms with Crippen molar-refractivity contribution in [2.45, 2.75) is 38.0 Å². The summed E-state index contributed by atoms with van der Waals surface area (Å²) in [6, 6.07) is 6.30. The molecule has 1 aliphatic rings. The fraction of sp³-hybridized carbons (Fsp3) is 0.364. The van der Waals surface area contributed by atoms with Crippen molar-refractivity contribution in [2.24, 2.45) is 4.99 Å². The Morgan fingerprint density at radius 1 is 1.19 bits per heavy atom. The van der Waals surface area contributed by atoms with Gasteiger partial charge in [-0.15, -0.1) is 5.10 Å². The number of H-pyrrole nitrogens is 1. The zero-order chi connectivity index (χ0) is 22.3. The van der Waals surface area contributed by atoms with Crippen molar-refractivity contribution in [2.75, 3.05) is 13.1 Å². The molecule has 0 bridgehead atoms. The first-order valence-electron chi connectivity index (χ1n) is 10.4. The summed E-state index contributed by atoms with van der Waals surface area (Å²) in [5.41, 5.74) is 3.15. The minimum Gasteiger partial charge on any atom is -0.346 e. The molecule has 1 aliphatic heterocycles. The summed E-state index contributed by atoms with van der Waals surface area (Å²) in [4.78, 5) is 13.4. The maximum Gasteiger partial charge on any atom is 0.416 e. The van der Waals surface area contributed by atoms with Crippen LogP contribution in [0.25, 0.3) is 16.6 Å². The number of hydrogen-bond acceptors (Lipinski definition) is 5. The first-order chi connectivity index (χ1) is 15.4. The number of alkyl halides is 3. The molecule has 1 N–H and O–H groups in total. The van der Waals surface area contributed by atoms with Crippen LogP contribution in [0.5, 0.6) is 0 Å². The summed E-state index contributed by atoms with van der Waals surface area (Å²) in [6.07, 6.45) is 0.949. The lowest BCUT2D eigenvalue weighted by molar-refractivity contribution is -0.138. The van der Waals surface area contributed by atoms with Gasteiger partial charge >= 0.3 is 6.18 Å². The van der Waals surface area contributed by atoms with E-state index < -0.39 is 11.7 Å². The van der Waals surface area contributed by atoms with Gasteiger partial charge in [-0.25, -0.2) is 9.50 Å². The third kappa shape index (κ3) is 3.75. The second-order valence-electron chi connectivity index (χ2n) is 8.17. The van der Waals surface area contributed by atoms with Gasteiger partial charge < -0.3 is 4.98 Å². The van der Waals surface area contributed by atoms with E-state index in [4.69, 9.17) is 0 Å². The molecule has 0 saturated carbocycles. The molecule has 0 spiro atoms. The summed E-state index contributed by atoms with van der Waals surface area (Å²) < 4.78 is 41.4. The van der Waals surface area contributed by atoms with Crippen LogP contribution in [0.1, 0.15) is 41.1 Å². The molecule has 0 amide bonds. The number of aromatic nitrogens is 5. The molecule has 0 unspecified atom stereocenters. The average molecular weight is 441 g/mol. The standard InChI is InChI=1S/C22H22F3N7/c1-26-11-16-10-14(2-3-18(16)22(23,24)25)12-31-8-5-15(6-9-31)19-20-17-4-7-27-21(17)28-13-32(20)30-29-19/h2-4,7,10,13,15,27H,1,5-6,8-9,11-12H2. The summed E-state index contributed by atoms with van der Waals surface area (Å²) in [7, 11) is 0. The lowest BCUT2D eigenvalue weighted by atomic mass is 9.92. The minimum absolute atomic E-state index is 0.0480. The van der Waals surface area contributed by atoms with Crippen molar-refractivity contribution in [3.05, 3.63) is 59.2 Å². The van der Waals surface area contributed by atoms with Crippen molar-refractivity contribution in [1.29, 1.82) is 0 Å². The molecular formula is C22H22F3N7. The van der Waals surface area contributed by atoms with Gasteiger partial charge in [0.1, 0.15) is 17.5 Å². The quantitative estimate of drug-likeness (QED) is 0.471. The van der Waals surface area contributed by atoms with Crippen LogP contribution in [0.15, 0.2) is 41.8 Å². The number of aliphatic imine (C=N–C) groups is 1. The van der Waals surface area contributed by atoms with Crippen LogP contribution in [0.2, 0.25) is 0 Å². The molecule has 10 heteroatoms. The van der Waals surface area contributed by atoms with Gasteiger partial charge in [0.15, 0.2) is 0 Å². The molecule has 4 aromatic rings. The second kappa shape index (κ2) is 8.01. The Morgan fingerprint density at radius 2 is 2.00 bits per heavy atom. The molecule has 0 radical (unpaired) electrons. The highest BCUT2D eigenvalue weighted by atomic mass is 19.4. The Labute approximate surface area is 182 Å². The number of halogens is 3. The predicted molar refractivity (Wildman–Crippen MR) is 115 cm³/mol. The minimum atomic E-state index is -4.39. The number of benzene rings is 1. The van der Waals surface area contributed by atoms with Crippen molar-refractivity contribution in [3.63, 3.8) is 0 Å². The third-order valence-corrected chi connectivity index (χ3v) is 6.13. The van der Waals surface area contributed by atoms with Crippen molar-refractivity contribution in [1.82, 2.24) is 29.7 Å². The molecule has 1 saturated heterocycles. The third-order valence-electron chi connectivity index (χ3n) is 6.13. The molecule has 32 heavy (non-hydrogen) atoms. The van der Waals surface area contributed by atoms with Crippen molar-refractivity contribution >= 4 is 23.3 Å².